The number of pyridine rings is 1. The molecule has 24 heavy (non-hydrogen) atoms. The first-order valence-corrected chi connectivity index (χ1v) is 7.96. The smallest absolute Gasteiger partial charge is 0.251 e. The van der Waals surface area contributed by atoms with Gasteiger partial charge in [0.05, 0.1) is 23.1 Å². The average molecular weight is 320 g/mol. The Labute approximate surface area is 140 Å². The number of nitrogens with zero attached hydrogens (tertiary/aromatic N) is 1. The number of nitrogen functional groups attached to an aromatic ring is 1. The highest BCUT2D eigenvalue weighted by Gasteiger charge is 2.06. The van der Waals surface area contributed by atoms with Gasteiger partial charge in [0.1, 0.15) is 0 Å². The molecule has 0 saturated heterocycles. The number of nitrogens with one attached hydrogen (secondary N) is 2. The normalized spacial score (nSPS) is 10.5. The van der Waals surface area contributed by atoms with Gasteiger partial charge in [0, 0.05) is 24.0 Å². The topological polar surface area (TPSA) is 80.0 Å². The first-order chi connectivity index (χ1) is 11.8. The van der Waals surface area contributed by atoms with E-state index in [1.54, 1.807) is 18.3 Å². The van der Waals surface area contributed by atoms with E-state index in [1.165, 1.54) is 0 Å². The number of benzene rings is 2. The number of nitrogens with two attached hydrogens (primary N) is 1. The summed E-state index contributed by atoms with van der Waals surface area (Å²) < 4.78 is 0. The minimum Gasteiger partial charge on any atom is -0.396 e. The predicted octanol–water partition coefficient (Wildman–Crippen LogP) is 3.05. The molecule has 0 spiro atoms. The molecule has 1 heterocycles. The van der Waals surface area contributed by atoms with Crippen molar-refractivity contribution in [2.45, 2.75) is 6.42 Å². The molecular formula is C19H20N4O. The van der Waals surface area contributed by atoms with Gasteiger partial charge in [-0.3, -0.25) is 9.78 Å². The molecule has 5 heteroatoms. The Bertz CT molecular complexity index is 833. The quantitative estimate of drug-likeness (QED) is 0.610. The molecule has 122 valence electrons. The zero-order valence-corrected chi connectivity index (χ0v) is 13.3. The van der Waals surface area contributed by atoms with E-state index in [9.17, 15) is 4.79 Å². The molecule has 0 bridgehead atoms. The summed E-state index contributed by atoms with van der Waals surface area (Å²) in [4.78, 5) is 16.3. The summed E-state index contributed by atoms with van der Waals surface area (Å²) in [7, 11) is 0. The highest BCUT2D eigenvalue weighted by atomic mass is 16.1. The second kappa shape index (κ2) is 7.46. The van der Waals surface area contributed by atoms with Crippen LogP contribution in [0.3, 0.4) is 0 Å². The van der Waals surface area contributed by atoms with Crippen molar-refractivity contribution < 1.29 is 4.79 Å². The molecule has 5 nitrogen and oxygen atoms in total. The number of amides is 1. The van der Waals surface area contributed by atoms with Crippen molar-refractivity contribution in [3.05, 3.63) is 66.4 Å². The minimum atomic E-state index is -0.0514. The molecule has 0 unspecified atom stereocenters. The maximum absolute atomic E-state index is 11.9. The second-order valence-electron chi connectivity index (χ2n) is 5.51. The lowest BCUT2D eigenvalue weighted by Gasteiger charge is -2.12. The van der Waals surface area contributed by atoms with Crippen LogP contribution in [0.5, 0.6) is 0 Å². The number of hydrogen-bond donors (Lipinski definition) is 3. The van der Waals surface area contributed by atoms with Crippen molar-refractivity contribution in [1.82, 2.24) is 10.3 Å². The van der Waals surface area contributed by atoms with E-state index in [0.29, 0.717) is 24.3 Å². The average Bonchev–Trinajstić information content (AvgIpc) is 2.63. The number of anilines is 2. The van der Waals surface area contributed by atoms with E-state index in [1.807, 2.05) is 42.5 Å². The summed E-state index contributed by atoms with van der Waals surface area (Å²) in [5.41, 5.74) is 9.14. The summed E-state index contributed by atoms with van der Waals surface area (Å²) in [5, 5.41) is 7.27. The van der Waals surface area contributed by atoms with Crippen molar-refractivity contribution in [3.8, 4) is 0 Å². The van der Waals surface area contributed by atoms with Gasteiger partial charge < -0.3 is 16.4 Å². The van der Waals surface area contributed by atoms with Gasteiger partial charge in [0.15, 0.2) is 0 Å². The van der Waals surface area contributed by atoms with E-state index < -0.39 is 0 Å². The molecule has 0 aliphatic rings. The van der Waals surface area contributed by atoms with E-state index in [-0.39, 0.29) is 5.91 Å². The van der Waals surface area contributed by atoms with Crippen LogP contribution in [0.15, 0.2) is 60.8 Å². The predicted molar refractivity (Wildman–Crippen MR) is 98.0 cm³/mol. The van der Waals surface area contributed by atoms with Gasteiger partial charge in [-0.2, -0.15) is 0 Å². The number of hydrogen-bond acceptors (Lipinski definition) is 4. The monoisotopic (exact) mass is 320 g/mol. The number of carbonyl (C=O) groups excluding carboxylic acids is 1. The van der Waals surface area contributed by atoms with Crippen LogP contribution in [-0.2, 0) is 0 Å². The molecule has 0 atom stereocenters. The lowest BCUT2D eigenvalue weighted by atomic mass is 10.1. The fourth-order valence-corrected chi connectivity index (χ4v) is 2.55. The largest absolute Gasteiger partial charge is 0.396 e. The van der Waals surface area contributed by atoms with Crippen molar-refractivity contribution in [2.75, 3.05) is 24.1 Å². The van der Waals surface area contributed by atoms with Gasteiger partial charge in [-0.1, -0.05) is 36.4 Å². The molecule has 4 N–H and O–H groups in total. The summed E-state index contributed by atoms with van der Waals surface area (Å²) in [5.74, 6) is -0.0514. The van der Waals surface area contributed by atoms with Gasteiger partial charge in [0.2, 0.25) is 0 Å². The molecule has 0 radical (unpaired) electrons. The third-order valence-electron chi connectivity index (χ3n) is 3.78. The van der Waals surface area contributed by atoms with E-state index in [2.05, 4.69) is 15.6 Å². The maximum Gasteiger partial charge on any atom is 0.251 e. The van der Waals surface area contributed by atoms with Crippen molar-refractivity contribution in [3.63, 3.8) is 0 Å². The Balaban J connectivity index is 1.52. The van der Waals surface area contributed by atoms with E-state index in [4.69, 9.17) is 5.73 Å². The third-order valence-corrected chi connectivity index (χ3v) is 3.78. The fourth-order valence-electron chi connectivity index (χ4n) is 2.55. The molecule has 0 fully saturated rings. The molecule has 0 aliphatic carbocycles. The summed E-state index contributed by atoms with van der Waals surface area (Å²) in [6.07, 6.45) is 2.47. The molecule has 0 saturated carbocycles. The zero-order valence-electron chi connectivity index (χ0n) is 13.3. The van der Waals surface area contributed by atoms with Crippen molar-refractivity contribution >= 4 is 28.2 Å². The minimum absolute atomic E-state index is 0.0514. The van der Waals surface area contributed by atoms with Gasteiger partial charge >= 0.3 is 0 Å². The first kappa shape index (κ1) is 15.8. The van der Waals surface area contributed by atoms with Crippen LogP contribution in [-0.4, -0.2) is 24.0 Å². The summed E-state index contributed by atoms with van der Waals surface area (Å²) in [6, 6.07) is 17.1. The number of rotatable bonds is 6. The molecule has 1 amide bonds. The number of carbonyl (C=O) groups is 1. The highest BCUT2D eigenvalue weighted by Crippen LogP contribution is 2.27. The van der Waals surface area contributed by atoms with Crippen LogP contribution in [0.4, 0.5) is 11.4 Å². The zero-order chi connectivity index (χ0) is 16.8. The van der Waals surface area contributed by atoms with Gasteiger partial charge in [-0.25, -0.2) is 0 Å². The van der Waals surface area contributed by atoms with Crippen LogP contribution < -0.4 is 16.4 Å². The summed E-state index contributed by atoms with van der Waals surface area (Å²) >= 11 is 0. The van der Waals surface area contributed by atoms with Crippen LogP contribution >= 0.6 is 0 Å². The van der Waals surface area contributed by atoms with Crippen LogP contribution in [0.25, 0.3) is 10.9 Å². The fraction of sp³-hybridized carbons (Fsp3) is 0.158. The van der Waals surface area contributed by atoms with Gasteiger partial charge in [-0.15, -0.1) is 0 Å². The molecule has 3 aromatic rings. The molecule has 3 rings (SSSR count). The molecule has 2 aromatic carbocycles. The van der Waals surface area contributed by atoms with Crippen LogP contribution in [0, 0.1) is 0 Å². The Kier molecular flexibility index (Phi) is 4.91. The second-order valence-corrected chi connectivity index (χ2v) is 5.51. The van der Waals surface area contributed by atoms with E-state index >= 15 is 0 Å². The lowest BCUT2D eigenvalue weighted by molar-refractivity contribution is 0.0953. The number of aromatic nitrogens is 1. The van der Waals surface area contributed by atoms with Crippen molar-refractivity contribution in [1.29, 1.82) is 0 Å². The lowest BCUT2D eigenvalue weighted by Crippen LogP contribution is -2.25. The standard InChI is InChI=1S/C19H20N4O/c20-16-13-23-17-10-5-4-9-15(17)18(16)21-11-6-12-22-19(24)14-7-2-1-3-8-14/h1-5,7-10,13H,6,11-12,20H2,(H,21,23)(H,22,24). The van der Waals surface area contributed by atoms with E-state index in [0.717, 1.165) is 23.0 Å². The molecular weight excluding hydrogens is 300 g/mol. The molecule has 0 aliphatic heterocycles. The summed E-state index contributed by atoms with van der Waals surface area (Å²) in [6.45, 7) is 1.32. The number of fused-ring (bicyclic) bond motifs is 1. The van der Waals surface area contributed by atoms with Crippen molar-refractivity contribution in [2.24, 2.45) is 0 Å². The van der Waals surface area contributed by atoms with Gasteiger partial charge in [-0.05, 0) is 24.6 Å². The Morgan fingerprint density at radius 2 is 1.75 bits per heavy atom. The Morgan fingerprint density at radius 1 is 1.00 bits per heavy atom. The Morgan fingerprint density at radius 3 is 2.58 bits per heavy atom. The maximum atomic E-state index is 11.9. The molecule has 1 aromatic heterocycles. The van der Waals surface area contributed by atoms with Gasteiger partial charge in [0.25, 0.3) is 5.91 Å². The number of para-hydroxylation sites is 1. The van der Waals surface area contributed by atoms with Crippen LogP contribution in [0.2, 0.25) is 0 Å². The SMILES string of the molecule is Nc1cnc2ccccc2c1NCCCNC(=O)c1ccccc1. The van der Waals surface area contributed by atoms with Crippen LogP contribution in [0.1, 0.15) is 16.8 Å². The Hall–Kier alpha value is -3.08. The highest BCUT2D eigenvalue weighted by molar-refractivity contribution is 5.96. The third kappa shape index (κ3) is 3.63. The first-order valence-electron chi connectivity index (χ1n) is 7.96.